The van der Waals surface area contributed by atoms with E-state index in [9.17, 15) is 0 Å². The molecule has 14 rings (SSSR count). The van der Waals surface area contributed by atoms with Crippen LogP contribution in [0, 0.1) is 0 Å². The zero-order valence-corrected chi connectivity index (χ0v) is 45.0. The summed E-state index contributed by atoms with van der Waals surface area (Å²) in [4.78, 5) is 7.94. The maximum atomic E-state index is 7.05. The molecule has 4 aliphatic rings. The number of hydrogen-bond donors (Lipinski definition) is 0. The van der Waals surface area contributed by atoms with Crippen molar-refractivity contribution in [1.82, 2.24) is 0 Å². The fourth-order valence-electron chi connectivity index (χ4n) is 14.0. The van der Waals surface area contributed by atoms with E-state index in [4.69, 9.17) is 8.83 Å². The van der Waals surface area contributed by atoms with E-state index in [1.807, 2.05) is 0 Å². The SMILES string of the molecule is CC(C)(C)c1ccc2c(c1)B1c3cc(C(C)(C)C)ccc3N(c3cccc4c3oc3ccccc34)c3cc(N4c5ccc(C(C)(C)C)cc5C5(C)CCCCC45C)cc(c31)N2c1ccc2c(c1)oc1ccccc12. The number of fused-ring (bicyclic) bond motifs is 13. The summed E-state index contributed by atoms with van der Waals surface area (Å²) < 4.78 is 13.8. The lowest BCUT2D eigenvalue weighted by molar-refractivity contribution is 0.195. The Kier molecular flexibility index (Phi) is 9.34. The van der Waals surface area contributed by atoms with Gasteiger partial charge < -0.3 is 23.5 Å². The van der Waals surface area contributed by atoms with Crippen LogP contribution in [0.15, 0.2) is 160 Å². The minimum absolute atomic E-state index is 0.0228. The molecular formula is C68H66BN3O2. The predicted molar refractivity (Wildman–Crippen MR) is 314 cm³/mol. The molecule has 0 N–H and O–H groups in total. The number of furan rings is 2. The summed E-state index contributed by atoms with van der Waals surface area (Å²) in [5, 5.41) is 4.50. The lowest BCUT2D eigenvalue weighted by Crippen LogP contribution is -2.62. The van der Waals surface area contributed by atoms with Gasteiger partial charge in [0.25, 0.3) is 6.71 Å². The van der Waals surface area contributed by atoms with Crippen molar-refractivity contribution in [3.05, 3.63) is 174 Å². The molecule has 368 valence electrons. The van der Waals surface area contributed by atoms with Gasteiger partial charge in [0, 0.05) is 72.8 Å². The first-order valence-corrected chi connectivity index (χ1v) is 27.2. The Labute approximate surface area is 436 Å². The van der Waals surface area contributed by atoms with Gasteiger partial charge in [-0.3, -0.25) is 0 Å². The van der Waals surface area contributed by atoms with Crippen LogP contribution < -0.4 is 31.1 Å². The van der Waals surface area contributed by atoms with Crippen LogP contribution in [0.1, 0.15) is 124 Å². The third-order valence-corrected chi connectivity index (χ3v) is 18.3. The van der Waals surface area contributed by atoms with E-state index in [1.165, 1.54) is 85.6 Å². The molecule has 0 spiro atoms. The van der Waals surface area contributed by atoms with Gasteiger partial charge >= 0.3 is 0 Å². The van der Waals surface area contributed by atoms with Crippen molar-refractivity contribution in [2.75, 3.05) is 14.7 Å². The summed E-state index contributed by atoms with van der Waals surface area (Å²) in [5.41, 5.74) is 22.0. The summed E-state index contributed by atoms with van der Waals surface area (Å²) in [6.07, 6.45) is 4.67. The number of rotatable bonds is 3. The van der Waals surface area contributed by atoms with E-state index in [0.29, 0.717) is 0 Å². The molecule has 1 saturated carbocycles. The third-order valence-electron chi connectivity index (χ3n) is 18.3. The van der Waals surface area contributed by atoms with Crippen molar-refractivity contribution in [1.29, 1.82) is 0 Å². The lowest BCUT2D eigenvalue weighted by Gasteiger charge is -2.51. The molecular weight excluding hydrogens is 902 g/mol. The highest BCUT2D eigenvalue weighted by atomic mass is 16.3. The van der Waals surface area contributed by atoms with Crippen LogP contribution in [0.2, 0.25) is 0 Å². The Morgan fingerprint density at radius 3 is 1.64 bits per heavy atom. The number of anilines is 8. The lowest BCUT2D eigenvalue weighted by atomic mass is 9.33. The van der Waals surface area contributed by atoms with E-state index in [-0.39, 0.29) is 33.9 Å². The van der Waals surface area contributed by atoms with Gasteiger partial charge in [-0.15, -0.1) is 0 Å². The summed E-state index contributed by atoms with van der Waals surface area (Å²) in [6.45, 7) is 26.2. The third kappa shape index (κ3) is 6.29. The van der Waals surface area contributed by atoms with Gasteiger partial charge in [0.2, 0.25) is 0 Å². The molecule has 0 amide bonds. The van der Waals surface area contributed by atoms with Crippen molar-refractivity contribution in [3.63, 3.8) is 0 Å². The number of hydrogen-bond acceptors (Lipinski definition) is 5. The summed E-state index contributed by atoms with van der Waals surface area (Å²) in [5.74, 6) is 0. The molecule has 1 aliphatic carbocycles. The van der Waals surface area contributed by atoms with Crippen LogP contribution in [0.3, 0.4) is 0 Å². The molecule has 10 aromatic rings. The largest absolute Gasteiger partial charge is 0.456 e. The van der Waals surface area contributed by atoms with Gasteiger partial charge in [0.15, 0.2) is 5.58 Å². The van der Waals surface area contributed by atoms with Gasteiger partial charge in [-0.05, 0) is 135 Å². The molecule has 0 bridgehead atoms. The van der Waals surface area contributed by atoms with Crippen LogP contribution >= 0.6 is 0 Å². The molecule has 74 heavy (non-hydrogen) atoms. The molecule has 6 heteroatoms. The molecule has 5 nitrogen and oxygen atoms in total. The Morgan fingerprint density at radius 1 is 0.432 bits per heavy atom. The molecule has 3 aliphatic heterocycles. The monoisotopic (exact) mass is 968 g/mol. The molecule has 5 heterocycles. The molecule has 2 unspecified atom stereocenters. The fourth-order valence-corrected chi connectivity index (χ4v) is 14.0. The molecule has 2 aromatic heterocycles. The number of nitrogens with zero attached hydrogens (tertiary/aromatic N) is 3. The standard InChI is InChI=1S/C68H66BN3O2/c1-64(2,3)41-25-30-53-50(35-41)67(10)33-16-17-34-68(67,11)72(53)45-38-57-62-58(39-45)71(56-22-18-21-49-47-20-13-15-24-60(47)74-63(49)56)55-32-27-43(66(7,8)9)37-52(55)69(62)51-36-42(65(4,5)6)26-31-54(51)70(57)44-28-29-48-46-19-12-14-23-59(46)73-61(48)40-44/h12-15,18-32,35-40H,16-17,33-34H2,1-11H3. The molecule has 2 atom stereocenters. The Bertz CT molecular complexity index is 4010. The van der Waals surface area contributed by atoms with Crippen LogP contribution in [0.5, 0.6) is 0 Å². The first kappa shape index (κ1) is 45.4. The molecule has 1 fully saturated rings. The molecule has 8 aromatic carbocycles. The Morgan fingerprint density at radius 2 is 0.973 bits per heavy atom. The zero-order valence-electron chi connectivity index (χ0n) is 45.0. The highest BCUT2D eigenvalue weighted by molar-refractivity contribution is 7.00. The number of benzene rings is 8. The van der Waals surface area contributed by atoms with Gasteiger partial charge in [-0.2, -0.15) is 0 Å². The summed E-state index contributed by atoms with van der Waals surface area (Å²) in [6, 6.07) is 57.8. The summed E-state index contributed by atoms with van der Waals surface area (Å²) >= 11 is 0. The van der Waals surface area contributed by atoms with Crippen LogP contribution in [0.4, 0.5) is 45.5 Å². The van der Waals surface area contributed by atoms with E-state index in [2.05, 4.69) is 243 Å². The molecule has 0 saturated heterocycles. The van der Waals surface area contributed by atoms with E-state index in [1.54, 1.807) is 0 Å². The maximum Gasteiger partial charge on any atom is 0.252 e. The maximum absolute atomic E-state index is 7.05. The smallest absolute Gasteiger partial charge is 0.252 e. The van der Waals surface area contributed by atoms with Crippen molar-refractivity contribution in [2.45, 2.75) is 129 Å². The van der Waals surface area contributed by atoms with Crippen LogP contribution in [-0.4, -0.2) is 12.3 Å². The van der Waals surface area contributed by atoms with Crippen LogP contribution in [0.25, 0.3) is 43.9 Å². The second kappa shape index (κ2) is 15.2. The predicted octanol–water partition coefficient (Wildman–Crippen LogP) is 17.2. The van der Waals surface area contributed by atoms with Crippen molar-refractivity contribution in [3.8, 4) is 0 Å². The topological polar surface area (TPSA) is 36.0 Å². The second-order valence-electron chi connectivity index (χ2n) is 25.7. The zero-order chi connectivity index (χ0) is 51.0. The highest BCUT2D eigenvalue weighted by Crippen LogP contribution is 2.62. The first-order chi connectivity index (χ1) is 35.3. The summed E-state index contributed by atoms with van der Waals surface area (Å²) in [7, 11) is 0. The second-order valence-corrected chi connectivity index (χ2v) is 25.7. The Hall–Kier alpha value is -7.18. The highest BCUT2D eigenvalue weighted by Gasteiger charge is 2.58. The van der Waals surface area contributed by atoms with Gasteiger partial charge in [-0.25, -0.2) is 0 Å². The number of para-hydroxylation sites is 3. The Balaban J connectivity index is 1.13. The first-order valence-electron chi connectivity index (χ1n) is 27.2. The van der Waals surface area contributed by atoms with E-state index < -0.39 is 0 Å². The van der Waals surface area contributed by atoms with E-state index >= 15 is 0 Å². The average molecular weight is 968 g/mol. The minimum Gasteiger partial charge on any atom is -0.456 e. The van der Waals surface area contributed by atoms with Crippen molar-refractivity contribution in [2.24, 2.45) is 0 Å². The van der Waals surface area contributed by atoms with E-state index in [0.717, 1.165) is 68.1 Å². The van der Waals surface area contributed by atoms with Crippen LogP contribution in [-0.2, 0) is 21.7 Å². The average Bonchev–Trinajstić information content (AvgIpc) is 4.00. The van der Waals surface area contributed by atoms with Gasteiger partial charge in [0.05, 0.1) is 11.2 Å². The quantitative estimate of drug-likeness (QED) is 0.165. The normalized spacial score (nSPS) is 19.3. The van der Waals surface area contributed by atoms with Gasteiger partial charge in [-0.1, -0.05) is 167 Å². The van der Waals surface area contributed by atoms with Gasteiger partial charge in [0.1, 0.15) is 16.7 Å². The fraction of sp³-hybridized carbons (Fsp3) is 0.294. The van der Waals surface area contributed by atoms with Crippen molar-refractivity contribution >= 4 is 112 Å². The minimum atomic E-state index is -0.186. The van der Waals surface area contributed by atoms with Crippen molar-refractivity contribution < 1.29 is 8.83 Å². The molecule has 0 radical (unpaired) electrons.